The number of halogens is 5. The van der Waals surface area contributed by atoms with Crippen molar-refractivity contribution in [1.82, 2.24) is 4.98 Å². The molecule has 0 unspecified atom stereocenters. The largest absolute Gasteiger partial charge is 0.416 e. The Bertz CT molecular complexity index is 689. The van der Waals surface area contributed by atoms with Crippen LogP contribution in [0.3, 0.4) is 0 Å². The van der Waals surface area contributed by atoms with Crippen molar-refractivity contribution in [2.24, 2.45) is 0 Å². The molecule has 0 bridgehead atoms. The van der Waals surface area contributed by atoms with Crippen LogP contribution < -0.4 is 5.32 Å². The third-order valence-electron chi connectivity index (χ3n) is 2.55. The summed E-state index contributed by atoms with van der Waals surface area (Å²) >= 11 is 11.6. The molecule has 110 valence electrons. The number of rotatable bonds is 2. The molecule has 3 nitrogen and oxygen atoms in total. The van der Waals surface area contributed by atoms with Gasteiger partial charge in [0, 0.05) is 12.4 Å². The van der Waals surface area contributed by atoms with Crippen molar-refractivity contribution < 1.29 is 18.0 Å². The summed E-state index contributed by atoms with van der Waals surface area (Å²) in [6.07, 6.45) is -1.94. The van der Waals surface area contributed by atoms with Crippen LogP contribution in [0.15, 0.2) is 36.7 Å². The normalized spacial score (nSPS) is 11.3. The predicted octanol–water partition coefficient (Wildman–Crippen LogP) is 4.66. The first-order valence-corrected chi connectivity index (χ1v) is 6.32. The van der Waals surface area contributed by atoms with Gasteiger partial charge in [-0.25, -0.2) is 0 Å². The molecule has 2 rings (SSSR count). The molecule has 1 aromatic heterocycles. The summed E-state index contributed by atoms with van der Waals surface area (Å²) in [5, 5.41) is 2.40. The van der Waals surface area contributed by atoms with E-state index >= 15 is 0 Å². The lowest BCUT2D eigenvalue weighted by Crippen LogP contribution is -2.14. The number of hydrogen-bond acceptors (Lipinski definition) is 2. The van der Waals surface area contributed by atoms with Gasteiger partial charge in [0.1, 0.15) is 0 Å². The summed E-state index contributed by atoms with van der Waals surface area (Å²) in [7, 11) is 0. The second-order valence-corrected chi connectivity index (χ2v) is 4.82. The zero-order valence-corrected chi connectivity index (χ0v) is 11.7. The van der Waals surface area contributed by atoms with Crippen LogP contribution >= 0.6 is 23.2 Å². The van der Waals surface area contributed by atoms with E-state index in [1.165, 1.54) is 18.5 Å². The summed E-state index contributed by atoms with van der Waals surface area (Å²) in [5.41, 5.74) is -1.04. The number of nitrogens with zero attached hydrogens (tertiary/aromatic N) is 1. The Balaban J connectivity index is 2.31. The average Bonchev–Trinajstić information content (AvgIpc) is 2.40. The van der Waals surface area contributed by atoms with Crippen LogP contribution in [0.2, 0.25) is 10.0 Å². The van der Waals surface area contributed by atoms with Gasteiger partial charge in [-0.1, -0.05) is 23.2 Å². The minimum atomic E-state index is -4.53. The lowest BCUT2D eigenvalue weighted by atomic mass is 10.2. The van der Waals surface area contributed by atoms with Gasteiger partial charge in [0.25, 0.3) is 5.91 Å². The summed E-state index contributed by atoms with van der Waals surface area (Å²) in [5.74, 6) is -0.700. The van der Waals surface area contributed by atoms with Crippen molar-refractivity contribution in [2.45, 2.75) is 6.18 Å². The molecule has 0 saturated carbocycles. The van der Waals surface area contributed by atoms with Crippen molar-refractivity contribution in [1.29, 1.82) is 0 Å². The molecule has 1 amide bonds. The molecule has 2 aromatic rings. The van der Waals surface area contributed by atoms with E-state index in [9.17, 15) is 18.0 Å². The Morgan fingerprint density at radius 3 is 2.48 bits per heavy atom. The number of carbonyl (C=O) groups excluding carboxylic acids is 1. The van der Waals surface area contributed by atoms with Crippen LogP contribution in [0.4, 0.5) is 18.9 Å². The van der Waals surface area contributed by atoms with Crippen LogP contribution in [0.5, 0.6) is 0 Å². The monoisotopic (exact) mass is 334 g/mol. The highest BCUT2D eigenvalue weighted by molar-refractivity contribution is 6.35. The van der Waals surface area contributed by atoms with Gasteiger partial charge < -0.3 is 5.32 Å². The molecule has 0 spiro atoms. The van der Waals surface area contributed by atoms with E-state index in [-0.39, 0.29) is 21.3 Å². The number of amides is 1. The quantitative estimate of drug-likeness (QED) is 0.867. The highest BCUT2D eigenvalue weighted by Gasteiger charge is 2.31. The van der Waals surface area contributed by atoms with Crippen LogP contribution in [-0.2, 0) is 6.18 Å². The molecule has 8 heteroatoms. The molecule has 21 heavy (non-hydrogen) atoms. The third kappa shape index (κ3) is 3.65. The first kappa shape index (κ1) is 15.6. The van der Waals surface area contributed by atoms with E-state index in [1.807, 2.05) is 0 Å². The van der Waals surface area contributed by atoms with Gasteiger partial charge in [-0.05, 0) is 24.3 Å². The predicted molar refractivity (Wildman–Crippen MR) is 73.7 cm³/mol. The molecule has 0 radical (unpaired) electrons. The van der Waals surface area contributed by atoms with E-state index < -0.39 is 17.6 Å². The standard InChI is InChI=1S/C13H7Cl2F3N2O/c14-9-3-4-19-6-8(9)12(21)20-11-5-7(13(16,17)18)1-2-10(11)15/h1-6H,(H,20,21). The average molecular weight is 335 g/mol. The van der Waals surface area contributed by atoms with Crippen LogP contribution in [0, 0.1) is 0 Å². The van der Waals surface area contributed by atoms with E-state index in [4.69, 9.17) is 23.2 Å². The molecule has 0 fully saturated rings. The van der Waals surface area contributed by atoms with Crippen molar-refractivity contribution in [2.75, 3.05) is 5.32 Å². The SMILES string of the molecule is O=C(Nc1cc(C(F)(F)F)ccc1Cl)c1cnccc1Cl. The maximum absolute atomic E-state index is 12.6. The Kier molecular flexibility index (Phi) is 4.39. The van der Waals surface area contributed by atoms with Crippen LogP contribution in [0.1, 0.15) is 15.9 Å². The lowest BCUT2D eigenvalue weighted by Gasteiger charge is -2.12. The zero-order valence-electron chi connectivity index (χ0n) is 10.2. The fraction of sp³-hybridized carbons (Fsp3) is 0.0769. The number of pyridine rings is 1. The van der Waals surface area contributed by atoms with Crippen molar-refractivity contribution in [3.05, 3.63) is 57.8 Å². The van der Waals surface area contributed by atoms with Gasteiger partial charge in [-0.15, -0.1) is 0 Å². The van der Waals surface area contributed by atoms with Gasteiger partial charge in [0.05, 0.1) is 26.9 Å². The Hall–Kier alpha value is -1.79. The van der Waals surface area contributed by atoms with Crippen LogP contribution in [0.25, 0.3) is 0 Å². The summed E-state index contributed by atoms with van der Waals surface area (Å²) in [6.45, 7) is 0. The molecule has 1 heterocycles. The summed E-state index contributed by atoms with van der Waals surface area (Å²) in [4.78, 5) is 15.7. The van der Waals surface area contributed by atoms with E-state index in [0.717, 1.165) is 18.2 Å². The smallest absolute Gasteiger partial charge is 0.321 e. The highest BCUT2D eigenvalue weighted by Crippen LogP contribution is 2.34. The molecular formula is C13H7Cl2F3N2O. The Morgan fingerprint density at radius 2 is 1.86 bits per heavy atom. The van der Waals surface area contributed by atoms with Crippen LogP contribution in [-0.4, -0.2) is 10.9 Å². The molecule has 0 saturated heterocycles. The van der Waals surface area contributed by atoms with Gasteiger partial charge in [0.2, 0.25) is 0 Å². The van der Waals surface area contributed by atoms with E-state index in [0.29, 0.717) is 0 Å². The molecule has 0 atom stereocenters. The molecule has 1 aromatic carbocycles. The Labute approximate surface area is 127 Å². The van der Waals surface area contributed by atoms with Gasteiger partial charge in [-0.2, -0.15) is 13.2 Å². The fourth-order valence-corrected chi connectivity index (χ4v) is 1.89. The van der Waals surface area contributed by atoms with Gasteiger partial charge in [0.15, 0.2) is 0 Å². The first-order chi connectivity index (χ1) is 9.79. The summed E-state index contributed by atoms with van der Waals surface area (Å²) < 4.78 is 37.9. The zero-order chi connectivity index (χ0) is 15.6. The number of hydrogen-bond donors (Lipinski definition) is 1. The highest BCUT2D eigenvalue weighted by atomic mass is 35.5. The number of carbonyl (C=O) groups is 1. The number of aromatic nitrogens is 1. The number of nitrogens with one attached hydrogen (secondary N) is 1. The Morgan fingerprint density at radius 1 is 1.14 bits per heavy atom. The van der Waals surface area contributed by atoms with Gasteiger partial charge >= 0.3 is 6.18 Å². The molecule has 0 aliphatic carbocycles. The minimum Gasteiger partial charge on any atom is -0.321 e. The molecular weight excluding hydrogens is 328 g/mol. The second kappa shape index (κ2) is 5.91. The fourth-order valence-electron chi connectivity index (χ4n) is 1.53. The number of anilines is 1. The number of benzene rings is 1. The van der Waals surface area contributed by atoms with Crippen molar-refractivity contribution in [3.8, 4) is 0 Å². The third-order valence-corrected chi connectivity index (χ3v) is 3.21. The van der Waals surface area contributed by atoms with Crippen molar-refractivity contribution >= 4 is 34.8 Å². The second-order valence-electron chi connectivity index (χ2n) is 4.00. The number of alkyl halides is 3. The first-order valence-electron chi connectivity index (χ1n) is 5.56. The molecule has 0 aliphatic heterocycles. The molecule has 1 N–H and O–H groups in total. The van der Waals surface area contributed by atoms with E-state index in [2.05, 4.69) is 10.3 Å². The van der Waals surface area contributed by atoms with E-state index in [1.54, 1.807) is 0 Å². The van der Waals surface area contributed by atoms with Crippen molar-refractivity contribution in [3.63, 3.8) is 0 Å². The maximum Gasteiger partial charge on any atom is 0.416 e. The summed E-state index contributed by atoms with van der Waals surface area (Å²) in [6, 6.07) is 4.04. The topological polar surface area (TPSA) is 42.0 Å². The molecule has 0 aliphatic rings. The minimum absolute atomic E-state index is 0.0173. The maximum atomic E-state index is 12.6. The lowest BCUT2D eigenvalue weighted by molar-refractivity contribution is -0.137. The van der Waals surface area contributed by atoms with Gasteiger partial charge in [-0.3, -0.25) is 9.78 Å².